The monoisotopic (exact) mass is 325 g/mol. The quantitative estimate of drug-likeness (QED) is 0.839. The predicted molar refractivity (Wildman–Crippen MR) is 70.9 cm³/mol. The smallest absolute Gasteiger partial charge is 0.139 e. The minimum Gasteiger partial charge on any atom is -0.506 e. The molecule has 0 aliphatic rings. The number of nitrogens with zero attached hydrogens (tertiary/aromatic N) is 1. The molecule has 0 heterocycles. The van der Waals surface area contributed by atoms with Crippen molar-refractivity contribution in [1.82, 2.24) is 0 Å². The second-order valence-corrected chi connectivity index (χ2v) is 4.74. The lowest BCUT2D eigenvalue weighted by atomic mass is 10.0. The predicted octanol–water partition coefficient (Wildman–Crippen LogP) is 4.49. The maximum absolute atomic E-state index is 13.2. The Morgan fingerprint density at radius 3 is 2.67 bits per heavy atom. The highest BCUT2D eigenvalue weighted by Crippen LogP contribution is 2.41. The zero-order valence-corrected chi connectivity index (χ0v) is 11.3. The summed E-state index contributed by atoms with van der Waals surface area (Å²) in [6.45, 7) is 0. The summed E-state index contributed by atoms with van der Waals surface area (Å²) in [6, 6.07) is 9.09. The molecule has 0 saturated heterocycles. The molecule has 0 atom stereocenters. The van der Waals surface area contributed by atoms with E-state index in [1.807, 2.05) is 6.07 Å². The summed E-state index contributed by atoms with van der Waals surface area (Å²) in [4.78, 5) is 0. The molecule has 0 spiro atoms. The third kappa shape index (κ3) is 2.20. The molecule has 1 N–H and O–H groups in total. The molecule has 90 valence electrons. The molecule has 5 heteroatoms. The highest BCUT2D eigenvalue weighted by atomic mass is 79.9. The Morgan fingerprint density at radius 2 is 2.06 bits per heavy atom. The summed E-state index contributed by atoms with van der Waals surface area (Å²) in [5.41, 5.74) is 1.03. The van der Waals surface area contributed by atoms with Gasteiger partial charge in [-0.1, -0.05) is 23.7 Å². The SMILES string of the molecule is N#Cc1cc(-c2cccc(F)c2)c(O)c(Br)c1Cl. The van der Waals surface area contributed by atoms with Crippen LogP contribution in [-0.2, 0) is 0 Å². The molecular weight excluding hydrogens is 321 g/mol. The van der Waals surface area contributed by atoms with Crippen molar-refractivity contribution in [3.05, 3.63) is 51.2 Å². The van der Waals surface area contributed by atoms with Gasteiger partial charge >= 0.3 is 0 Å². The molecule has 2 nitrogen and oxygen atoms in total. The van der Waals surface area contributed by atoms with Crippen molar-refractivity contribution in [3.63, 3.8) is 0 Å². The number of halogens is 3. The molecule has 2 aromatic rings. The molecule has 0 fully saturated rings. The number of phenolic OH excluding ortho intramolecular Hbond substituents is 1. The van der Waals surface area contributed by atoms with Crippen molar-refractivity contribution in [2.45, 2.75) is 0 Å². The number of hydrogen-bond donors (Lipinski definition) is 1. The van der Waals surface area contributed by atoms with E-state index in [4.69, 9.17) is 16.9 Å². The molecular formula is C13H6BrClFNO. The first-order chi connectivity index (χ1) is 8.54. The van der Waals surface area contributed by atoms with E-state index >= 15 is 0 Å². The maximum atomic E-state index is 13.2. The van der Waals surface area contributed by atoms with Gasteiger partial charge in [0.2, 0.25) is 0 Å². The largest absolute Gasteiger partial charge is 0.506 e. The van der Waals surface area contributed by atoms with Crippen LogP contribution in [0.5, 0.6) is 5.75 Å². The zero-order valence-electron chi connectivity index (χ0n) is 8.92. The molecule has 0 bridgehead atoms. The van der Waals surface area contributed by atoms with E-state index < -0.39 is 5.82 Å². The molecule has 0 radical (unpaired) electrons. The van der Waals surface area contributed by atoms with Gasteiger partial charge in [-0.2, -0.15) is 5.26 Å². The molecule has 0 aliphatic carbocycles. The van der Waals surface area contributed by atoms with Gasteiger partial charge in [0, 0.05) is 5.56 Å². The van der Waals surface area contributed by atoms with E-state index in [0.717, 1.165) is 0 Å². The van der Waals surface area contributed by atoms with Crippen molar-refractivity contribution < 1.29 is 9.50 Å². The Labute approximate surface area is 116 Å². The summed E-state index contributed by atoms with van der Waals surface area (Å²) in [6.07, 6.45) is 0. The zero-order chi connectivity index (χ0) is 13.3. The standard InChI is InChI=1S/C13H6BrClFNO/c14-11-12(15)8(6-17)5-10(13(11)18)7-2-1-3-9(16)4-7/h1-5,18H. The molecule has 0 aliphatic heterocycles. The van der Waals surface area contributed by atoms with Crippen molar-refractivity contribution in [3.8, 4) is 22.9 Å². The van der Waals surface area contributed by atoms with Gasteiger partial charge < -0.3 is 5.11 Å². The van der Waals surface area contributed by atoms with Crippen molar-refractivity contribution >= 4 is 27.5 Å². The lowest BCUT2D eigenvalue weighted by Gasteiger charge is -2.09. The van der Waals surface area contributed by atoms with E-state index in [0.29, 0.717) is 11.1 Å². The van der Waals surface area contributed by atoms with E-state index in [2.05, 4.69) is 15.9 Å². The van der Waals surface area contributed by atoms with E-state index in [1.54, 1.807) is 6.07 Å². The van der Waals surface area contributed by atoms with Gasteiger partial charge in [0.25, 0.3) is 0 Å². The summed E-state index contributed by atoms with van der Waals surface area (Å²) in [7, 11) is 0. The number of nitriles is 1. The summed E-state index contributed by atoms with van der Waals surface area (Å²) in [5, 5.41) is 19.1. The van der Waals surface area contributed by atoms with Gasteiger partial charge in [-0.15, -0.1) is 0 Å². The van der Waals surface area contributed by atoms with Crippen LogP contribution in [0.15, 0.2) is 34.8 Å². The fourth-order valence-corrected chi connectivity index (χ4v) is 2.19. The van der Waals surface area contributed by atoms with E-state index in [1.165, 1.54) is 24.3 Å². The van der Waals surface area contributed by atoms with Crippen LogP contribution in [-0.4, -0.2) is 5.11 Å². The van der Waals surface area contributed by atoms with Crippen LogP contribution in [0.25, 0.3) is 11.1 Å². The fourth-order valence-electron chi connectivity index (χ4n) is 1.57. The molecule has 2 rings (SSSR count). The normalized spacial score (nSPS) is 10.1. The summed E-state index contributed by atoms with van der Waals surface area (Å²) >= 11 is 9.00. The number of aromatic hydroxyl groups is 1. The van der Waals surface area contributed by atoms with Crippen molar-refractivity contribution in [2.75, 3.05) is 0 Å². The Kier molecular flexibility index (Phi) is 3.55. The van der Waals surface area contributed by atoms with Crippen LogP contribution in [0.3, 0.4) is 0 Å². The third-order valence-corrected chi connectivity index (χ3v) is 3.83. The van der Waals surface area contributed by atoms with Crippen LogP contribution >= 0.6 is 27.5 Å². The first-order valence-corrected chi connectivity index (χ1v) is 6.08. The van der Waals surface area contributed by atoms with Gasteiger partial charge in [-0.05, 0) is 39.7 Å². The third-order valence-electron chi connectivity index (χ3n) is 2.44. The van der Waals surface area contributed by atoms with Gasteiger partial charge in [-0.25, -0.2) is 4.39 Å². The van der Waals surface area contributed by atoms with E-state index in [9.17, 15) is 9.50 Å². The summed E-state index contributed by atoms with van der Waals surface area (Å²) in [5.74, 6) is -0.541. The topological polar surface area (TPSA) is 44.0 Å². The lowest BCUT2D eigenvalue weighted by molar-refractivity contribution is 0.474. The molecule has 0 unspecified atom stereocenters. The van der Waals surface area contributed by atoms with Crippen molar-refractivity contribution in [1.29, 1.82) is 5.26 Å². The molecule has 0 saturated carbocycles. The first-order valence-electron chi connectivity index (χ1n) is 4.91. The number of benzene rings is 2. The lowest BCUT2D eigenvalue weighted by Crippen LogP contribution is -1.87. The minimum atomic E-state index is -0.420. The van der Waals surface area contributed by atoms with Crippen LogP contribution in [0.4, 0.5) is 4.39 Å². The maximum Gasteiger partial charge on any atom is 0.139 e. The van der Waals surface area contributed by atoms with Gasteiger partial charge in [0.1, 0.15) is 17.6 Å². The summed E-state index contributed by atoms with van der Waals surface area (Å²) < 4.78 is 13.4. The molecule has 0 aromatic heterocycles. The molecule has 0 amide bonds. The number of rotatable bonds is 1. The van der Waals surface area contributed by atoms with Crippen LogP contribution in [0, 0.1) is 17.1 Å². The van der Waals surface area contributed by atoms with Crippen molar-refractivity contribution in [2.24, 2.45) is 0 Å². The number of phenols is 1. The first kappa shape index (κ1) is 12.9. The Balaban J connectivity index is 2.73. The Morgan fingerprint density at radius 1 is 1.33 bits per heavy atom. The second-order valence-electron chi connectivity index (χ2n) is 3.57. The van der Waals surface area contributed by atoms with Gasteiger partial charge in [0.15, 0.2) is 0 Å². The van der Waals surface area contributed by atoms with Gasteiger partial charge in [0.05, 0.1) is 15.1 Å². The van der Waals surface area contributed by atoms with Crippen LogP contribution in [0.1, 0.15) is 5.56 Å². The molecule has 18 heavy (non-hydrogen) atoms. The average Bonchev–Trinajstić information content (AvgIpc) is 2.36. The van der Waals surface area contributed by atoms with Gasteiger partial charge in [-0.3, -0.25) is 0 Å². The molecule has 2 aromatic carbocycles. The minimum absolute atomic E-state index is 0.121. The Hall–Kier alpha value is -1.57. The van der Waals surface area contributed by atoms with E-state index in [-0.39, 0.29) is 20.8 Å². The second kappa shape index (κ2) is 4.97. The number of hydrogen-bond acceptors (Lipinski definition) is 2. The Bertz CT molecular complexity index is 667. The average molecular weight is 327 g/mol. The highest BCUT2D eigenvalue weighted by Gasteiger charge is 2.15. The van der Waals surface area contributed by atoms with Crippen LogP contribution < -0.4 is 0 Å². The van der Waals surface area contributed by atoms with Crippen LogP contribution in [0.2, 0.25) is 5.02 Å². The highest BCUT2D eigenvalue weighted by molar-refractivity contribution is 9.10. The fraction of sp³-hybridized carbons (Fsp3) is 0.